The molecule has 2 rings (SSSR count). The Morgan fingerprint density at radius 3 is 2.82 bits per heavy atom. The van der Waals surface area contributed by atoms with Gasteiger partial charge < -0.3 is 5.73 Å². The zero-order chi connectivity index (χ0) is 12.4. The number of halogens is 1. The highest BCUT2D eigenvalue weighted by Crippen LogP contribution is 2.25. The maximum Gasteiger partial charge on any atom is 0.146 e. The summed E-state index contributed by atoms with van der Waals surface area (Å²) in [5.74, 6) is 1.19. The van der Waals surface area contributed by atoms with Gasteiger partial charge in [0.1, 0.15) is 5.82 Å². The Kier molecular flexibility index (Phi) is 3.67. The number of hydrogen-bond acceptors (Lipinski definition) is 2. The minimum atomic E-state index is -0.305. The van der Waals surface area contributed by atoms with Gasteiger partial charge in [-0.15, -0.1) is 0 Å². The zero-order valence-electron chi connectivity index (χ0n) is 10.6. The van der Waals surface area contributed by atoms with Crippen LogP contribution in [0.1, 0.15) is 25.8 Å². The van der Waals surface area contributed by atoms with Gasteiger partial charge in [-0.2, -0.15) is 0 Å². The summed E-state index contributed by atoms with van der Waals surface area (Å²) in [4.78, 5) is 2.37. The van der Waals surface area contributed by atoms with Crippen LogP contribution in [0.25, 0.3) is 0 Å². The highest BCUT2D eigenvalue weighted by molar-refractivity contribution is 5.47. The van der Waals surface area contributed by atoms with E-state index in [-0.39, 0.29) is 5.82 Å². The number of benzene rings is 1. The molecule has 3 heteroatoms. The summed E-state index contributed by atoms with van der Waals surface area (Å²) in [6, 6.07) is 5.07. The van der Waals surface area contributed by atoms with Gasteiger partial charge in [0, 0.05) is 13.1 Å². The monoisotopic (exact) mass is 236 g/mol. The molecule has 0 spiro atoms. The molecule has 1 aliphatic heterocycles. The van der Waals surface area contributed by atoms with Crippen molar-refractivity contribution in [2.24, 2.45) is 11.8 Å². The Morgan fingerprint density at radius 1 is 1.35 bits per heavy atom. The molecule has 1 aromatic carbocycles. The molecule has 0 bridgehead atoms. The molecule has 0 radical (unpaired) electrons. The van der Waals surface area contributed by atoms with Crippen LogP contribution in [0.3, 0.4) is 0 Å². The first-order valence-corrected chi connectivity index (χ1v) is 6.33. The summed E-state index contributed by atoms with van der Waals surface area (Å²) in [5, 5.41) is 0. The molecule has 2 atom stereocenters. The lowest BCUT2D eigenvalue weighted by atomic mass is 9.88. The lowest BCUT2D eigenvalue weighted by Gasteiger charge is -2.35. The molecule has 0 aromatic heterocycles. The van der Waals surface area contributed by atoms with Crippen LogP contribution < -0.4 is 5.73 Å². The van der Waals surface area contributed by atoms with E-state index in [9.17, 15) is 4.39 Å². The molecule has 1 fully saturated rings. The van der Waals surface area contributed by atoms with E-state index in [1.807, 2.05) is 6.07 Å². The van der Waals surface area contributed by atoms with Gasteiger partial charge in [0.25, 0.3) is 0 Å². The van der Waals surface area contributed by atoms with E-state index in [0.717, 1.165) is 31.1 Å². The second kappa shape index (κ2) is 5.05. The maximum absolute atomic E-state index is 13.3. The number of likely N-dealkylation sites (tertiary alicyclic amines) is 1. The van der Waals surface area contributed by atoms with Crippen molar-refractivity contribution in [3.8, 4) is 0 Å². The number of nitrogens with zero attached hydrogens (tertiary/aromatic N) is 1. The Hall–Kier alpha value is -1.09. The lowest BCUT2D eigenvalue weighted by Crippen LogP contribution is -2.38. The normalized spacial score (nSPS) is 26.1. The summed E-state index contributed by atoms with van der Waals surface area (Å²) in [5.41, 5.74) is 6.97. The van der Waals surface area contributed by atoms with Crippen LogP contribution in [0.2, 0.25) is 0 Å². The van der Waals surface area contributed by atoms with Gasteiger partial charge in [-0.1, -0.05) is 26.0 Å². The van der Waals surface area contributed by atoms with Crippen LogP contribution in [-0.2, 0) is 6.54 Å². The predicted molar refractivity (Wildman–Crippen MR) is 69.0 cm³/mol. The van der Waals surface area contributed by atoms with Gasteiger partial charge in [0.05, 0.1) is 5.69 Å². The summed E-state index contributed by atoms with van der Waals surface area (Å²) in [6.07, 6.45) is 1.22. The molecule has 1 heterocycles. The van der Waals surface area contributed by atoms with Gasteiger partial charge in [0.15, 0.2) is 0 Å². The first-order chi connectivity index (χ1) is 8.08. The topological polar surface area (TPSA) is 29.3 Å². The third-order valence-corrected chi connectivity index (χ3v) is 3.96. The van der Waals surface area contributed by atoms with Crippen molar-refractivity contribution in [2.45, 2.75) is 26.8 Å². The van der Waals surface area contributed by atoms with E-state index in [2.05, 4.69) is 18.7 Å². The van der Waals surface area contributed by atoms with Crippen molar-refractivity contribution in [2.75, 3.05) is 18.8 Å². The van der Waals surface area contributed by atoms with E-state index >= 15 is 0 Å². The highest BCUT2D eigenvalue weighted by Gasteiger charge is 2.23. The van der Waals surface area contributed by atoms with Crippen LogP contribution in [0.4, 0.5) is 10.1 Å². The number of nitrogen functional groups attached to an aromatic ring is 1. The minimum Gasteiger partial charge on any atom is -0.396 e. The number of para-hydroxylation sites is 1. The summed E-state index contributed by atoms with van der Waals surface area (Å²) >= 11 is 0. The predicted octanol–water partition coefficient (Wildman–Crippen LogP) is 2.89. The van der Waals surface area contributed by atoms with Crippen LogP contribution in [0.5, 0.6) is 0 Å². The Balaban J connectivity index is 2.04. The van der Waals surface area contributed by atoms with Crippen LogP contribution >= 0.6 is 0 Å². The fraction of sp³-hybridized carbons (Fsp3) is 0.571. The largest absolute Gasteiger partial charge is 0.396 e. The molecule has 1 aliphatic rings. The SMILES string of the molecule is CC1CCN(Cc2cccc(F)c2N)CC1C. The van der Waals surface area contributed by atoms with Crippen molar-refractivity contribution in [3.05, 3.63) is 29.6 Å². The lowest BCUT2D eigenvalue weighted by molar-refractivity contribution is 0.132. The molecule has 2 N–H and O–H groups in total. The molecule has 0 amide bonds. The van der Waals surface area contributed by atoms with Gasteiger partial charge in [-0.05, 0) is 36.4 Å². The maximum atomic E-state index is 13.3. The average molecular weight is 236 g/mol. The summed E-state index contributed by atoms with van der Waals surface area (Å²) < 4.78 is 13.3. The zero-order valence-corrected chi connectivity index (χ0v) is 10.6. The average Bonchev–Trinajstić information content (AvgIpc) is 2.30. The molecule has 2 nitrogen and oxygen atoms in total. The Labute approximate surface area is 103 Å². The first-order valence-electron chi connectivity index (χ1n) is 6.33. The van der Waals surface area contributed by atoms with E-state index in [4.69, 9.17) is 5.73 Å². The van der Waals surface area contributed by atoms with Crippen LogP contribution in [-0.4, -0.2) is 18.0 Å². The highest BCUT2D eigenvalue weighted by atomic mass is 19.1. The van der Waals surface area contributed by atoms with Gasteiger partial charge in [-0.3, -0.25) is 4.90 Å². The number of hydrogen-bond donors (Lipinski definition) is 1. The second-order valence-electron chi connectivity index (χ2n) is 5.29. The number of rotatable bonds is 2. The van der Waals surface area contributed by atoms with Crippen LogP contribution in [0.15, 0.2) is 18.2 Å². The van der Waals surface area contributed by atoms with Gasteiger partial charge >= 0.3 is 0 Å². The van der Waals surface area contributed by atoms with E-state index in [0.29, 0.717) is 11.6 Å². The third-order valence-electron chi connectivity index (χ3n) is 3.96. The fourth-order valence-corrected chi connectivity index (χ4v) is 2.45. The third kappa shape index (κ3) is 2.78. The van der Waals surface area contributed by atoms with Crippen molar-refractivity contribution < 1.29 is 4.39 Å². The molecule has 2 unspecified atom stereocenters. The quantitative estimate of drug-likeness (QED) is 0.800. The van der Waals surface area contributed by atoms with Crippen LogP contribution in [0, 0.1) is 17.7 Å². The number of piperidine rings is 1. The van der Waals surface area contributed by atoms with Gasteiger partial charge in [0.2, 0.25) is 0 Å². The molecular formula is C14H21FN2. The van der Waals surface area contributed by atoms with Gasteiger partial charge in [-0.25, -0.2) is 4.39 Å². The molecule has 17 heavy (non-hydrogen) atoms. The molecule has 0 saturated carbocycles. The molecule has 1 aromatic rings. The molecule has 1 saturated heterocycles. The summed E-state index contributed by atoms with van der Waals surface area (Å²) in [7, 11) is 0. The Bertz CT molecular complexity index is 392. The van der Waals surface area contributed by atoms with E-state index in [1.165, 1.54) is 12.5 Å². The standard InChI is InChI=1S/C14H21FN2/c1-10-6-7-17(8-11(10)2)9-12-4-3-5-13(15)14(12)16/h3-5,10-11H,6-9,16H2,1-2H3. The smallest absolute Gasteiger partial charge is 0.146 e. The minimum absolute atomic E-state index is 0.304. The first kappa shape index (κ1) is 12.4. The second-order valence-corrected chi connectivity index (χ2v) is 5.29. The van der Waals surface area contributed by atoms with Crippen molar-refractivity contribution in [3.63, 3.8) is 0 Å². The fourth-order valence-electron chi connectivity index (χ4n) is 2.45. The van der Waals surface area contributed by atoms with E-state index < -0.39 is 0 Å². The van der Waals surface area contributed by atoms with Crippen molar-refractivity contribution >= 4 is 5.69 Å². The van der Waals surface area contributed by atoms with E-state index in [1.54, 1.807) is 6.07 Å². The number of nitrogens with two attached hydrogens (primary N) is 1. The molecular weight excluding hydrogens is 215 g/mol. The Morgan fingerprint density at radius 2 is 2.12 bits per heavy atom. The van der Waals surface area contributed by atoms with Crippen molar-refractivity contribution in [1.82, 2.24) is 4.90 Å². The summed E-state index contributed by atoms with van der Waals surface area (Å²) in [6.45, 7) is 7.52. The van der Waals surface area contributed by atoms with Crippen molar-refractivity contribution in [1.29, 1.82) is 0 Å². The molecule has 94 valence electrons. The number of anilines is 1. The molecule has 0 aliphatic carbocycles.